The van der Waals surface area contributed by atoms with Crippen LogP contribution in [0.1, 0.15) is 27.9 Å². The highest BCUT2D eigenvalue weighted by atomic mass is 16.5. The molecule has 1 aromatic carbocycles. The molecule has 1 aromatic rings. The number of benzene rings is 1. The van der Waals surface area contributed by atoms with Gasteiger partial charge in [-0.05, 0) is 11.6 Å². The lowest BCUT2D eigenvalue weighted by Crippen LogP contribution is -2.33. The van der Waals surface area contributed by atoms with Gasteiger partial charge in [0.15, 0.2) is 0 Å². The van der Waals surface area contributed by atoms with Crippen LogP contribution >= 0.6 is 0 Å². The Hall–Kier alpha value is -2.20. The Bertz CT molecular complexity index is 549. The summed E-state index contributed by atoms with van der Waals surface area (Å²) in [5.74, 6) is 6.07. The zero-order chi connectivity index (χ0) is 16.2. The maximum absolute atomic E-state index is 11.2. The number of amides is 1. The molecule has 0 aliphatic heterocycles. The van der Waals surface area contributed by atoms with Gasteiger partial charge in [0.25, 0.3) is 0 Å². The SMILES string of the molecule is CN(Cc1c(C#CCCOCCN)cccc1C=O)NC=O. The fourth-order valence-electron chi connectivity index (χ4n) is 1.85. The van der Waals surface area contributed by atoms with Gasteiger partial charge in [-0.25, -0.2) is 5.01 Å². The van der Waals surface area contributed by atoms with Crippen molar-refractivity contribution in [3.63, 3.8) is 0 Å². The van der Waals surface area contributed by atoms with E-state index in [9.17, 15) is 9.59 Å². The fraction of sp³-hybridized carbons (Fsp3) is 0.375. The number of hydrazine groups is 1. The molecule has 0 heterocycles. The molecular weight excluding hydrogens is 282 g/mol. The Morgan fingerprint density at radius 1 is 1.36 bits per heavy atom. The molecule has 0 saturated heterocycles. The first-order valence-electron chi connectivity index (χ1n) is 6.97. The van der Waals surface area contributed by atoms with E-state index < -0.39 is 0 Å². The number of nitrogens with two attached hydrogens (primary N) is 1. The van der Waals surface area contributed by atoms with Crippen molar-refractivity contribution in [3.8, 4) is 11.8 Å². The van der Waals surface area contributed by atoms with Gasteiger partial charge < -0.3 is 10.5 Å². The number of hydrogen-bond acceptors (Lipinski definition) is 5. The van der Waals surface area contributed by atoms with E-state index in [2.05, 4.69) is 17.3 Å². The Kier molecular flexibility index (Phi) is 8.53. The van der Waals surface area contributed by atoms with E-state index in [1.165, 1.54) is 0 Å². The molecule has 0 unspecified atom stereocenters. The molecular formula is C16H21N3O3. The van der Waals surface area contributed by atoms with Gasteiger partial charge in [0.2, 0.25) is 6.41 Å². The monoisotopic (exact) mass is 303 g/mol. The number of nitrogens with zero attached hydrogens (tertiary/aromatic N) is 1. The second kappa shape index (κ2) is 10.5. The number of aldehydes is 1. The number of nitrogens with one attached hydrogen (secondary N) is 1. The van der Waals surface area contributed by atoms with Crippen molar-refractivity contribution < 1.29 is 14.3 Å². The summed E-state index contributed by atoms with van der Waals surface area (Å²) in [6.45, 7) is 1.94. The van der Waals surface area contributed by atoms with Gasteiger partial charge >= 0.3 is 0 Å². The minimum atomic E-state index is 0.390. The molecule has 0 aliphatic rings. The molecule has 0 saturated carbocycles. The van der Waals surface area contributed by atoms with Crippen molar-refractivity contribution >= 4 is 12.7 Å². The molecule has 22 heavy (non-hydrogen) atoms. The van der Waals surface area contributed by atoms with Crippen LogP contribution in [0, 0.1) is 11.8 Å². The Morgan fingerprint density at radius 2 is 2.18 bits per heavy atom. The normalized spacial score (nSPS) is 9.95. The number of carbonyl (C=O) groups is 2. The van der Waals surface area contributed by atoms with E-state index in [-0.39, 0.29) is 0 Å². The van der Waals surface area contributed by atoms with Gasteiger partial charge in [-0.3, -0.25) is 15.0 Å². The van der Waals surface area contributed by atoms with E-state index in [1.807, 2.05) is 6.07 Å². The van der Waals surface area contributed by atoms with E-state index >= 15 is 0 Å². The largest absolute Gasteiger partial charge is 0.379 e. The number of carbonyl (C=O) groups excluding carboxylic acids is 2. The summed E-state index contributed by atoms with van der Waals surface area (Å²) in [5, 5.41) is 1.59. The maximum Gasteiger partial charge on any atom is 0.221 e. The van der Waals surface area contributed by atoms with Crippen molar-refractivity contribution in [1.29, 1.82) is 0 Å². The van der Waals surface area contributed by atoms with Crippen molar-refractivity contribution in [1.82, 2.24) is 10.4 Å². The summed E-state index contributed by atoms with van der Waals surface area (Å²) in [6, 6.07) is 5.37. The Labute approximate surface area is 130 Å². The highest BCUT2D eigenvalue weighted by molar-refractivity contribution is 5.78. The molecule has 6 heteroatoms. The topological polar surface area (TPSA) is 84.7 Å². The van der Waals surface area contributed by atoms with Crippen LogP contribution in [0.15, 0.2) is 18.2 Å². The minimum Gasteiger partial charge on any atom is -0.379 e. The Balaban J connectivity index is 2.82. The summed E-state index contributed by atoms with van der Waals surface area (Å²) in [4.78, 5) is 21.6. The second-order valence-corrected chi connectivity index (χ2v) is 4.55. The van der Waals surface area contributed by atoms with Crippen LogP contribution in [-0.2, 0) is 16.1 Å². The molecule has 118 valence electrons. The number of hydrogen-bond donors (Lipinski definition) is 2. The predicted molar refractivity (Wildman–Crippen MR) is 83.9 cm³/mol. The van der Waals surface area contributed by atoms with Crippen LogP contribution < -0.4 is 11.2 Å². The van der Waals surface area contributed by atoms with Crippen molar-refractivity contribution in [2.24, 2.45) is 5.73 Å². The van der Waals surface area contributed by atoms with E-state index in [0.717, 1.165) is 17.4 Å². The smallest absolute Gasteiger partial charge is 0.221 e. The van der Waals surface area contributed by atoms with Crippen LogP contribution in [0.5, 0.6) is 0 Å². The lowest BCUT2D eigenvalue weighted by molar-refractivity contribution is -0.113. The molecule has 0 atom stereocenters. The molecule has 0 aromatic heterocycles. The molecule has 0 radical (unpaired) electrons. The quantitative estimate of drug-likeness (QED) is 0.297. The second-order valence-electron chi connectivity index (χ2n) is 4.55. The molecule has 0 aliphatic carbocycles. The third-order valence-electron chi connectivity index (χ3n) is 2.86. The molecule has 3 N–H and O–H groups in total. The van der Waals surface area contributed by atoms with E-state index in [4.69, 9.17) is 10.5 Å². The lowest BCUT2D eigenvalue weighted by atomic mass is 10.0. The van der Waals surface area contributed by atoms with Crippen LogP contribution in [0.25, 0.3) is 0 Å². The first-order valence-corrected chi connectivity index (χ1v) is 6.97. The standard InChI is InChI=1S/C16H21N3O3/c1-19(18-13-21)11-16-14(6-4-7-15(16)12-20)5-2-3-9-22-10-8-17/h4,6-7,12-13H,3,8-11,17H2,1H3,(H,18,21). The molecule has 0 bridgehead atoms. The summed E-state index contributed by atoms with van der Waals surface area (Å²) in [5.41, 5.74) is 9.96. The van der Waals surface area contributed by atoms with Crippen molar-refractivity contribution in [2.75, 3.05) is 26.8 Å². The number of ether oxygens (including phenoxy) is 1. The highest BCUT2D eigenvalue weighted by Gasteiger charge is 2.09. The zero-order valence-corrected chi connectivity index (χ0v) is 12.7. The summed E-state index contributed by atoms with van der Waals surface area (Å²) in [7, 11) is 1.72. The summed E-state index contributed by atoms with van der Waals surface area (Å²) in [6.07, 6.45) is 1.97. The van der Waals surface area contributed by atoms with Gasteiger partial charge in [0.05, 0.1) is 13.2 Å². The Morgan fingerprint density at radius 3 is 2.86 bits per heavy atom. The first kappa shape index (κ1) is 17.9. The molecule has 1 rings (SSSR count). The first-order chi connectivity index (χ1) is 10.7. The van der Waals surface area contributed by atoms with Crippen LogP contribution in [0.3, 0.4) is 0 Å². The zero-order valence-electron chi connectivity index (χ0n) is 12.7. The average molecular weight is 303 g/mol. The summed E-state index contributed by atoms with van der Waals surface area (Å²) >= 11 is 0. The third kappa shape index (κ3) is 6.06. The van der Waals surface area contributed by atoms with E-state index in [0.29, 0.717) is 44.7 Å². The molecule has 1 amide bonds. The minimum absolute atomic E-state index is 0.390. The van der Waals surface area contributed by atoms with Gasteiger partial charge in [-0.15, -0.1) is 0 Å². The maximum atomic E-state index is 11.2. The van der Waals surface area contributed by atoms with Crippen molar-refractivity contribution in [2.45, 2.75) is 13.0 Å². The third-order valence-corrected chi connectivity index (χ3v) is 2.86. The van der Waals surface area contributed by atoms with Gasteiger partial charge in [-0.1, -0.05) is 24.0 Å². The van der Waals surface area contributed by atoms with E-state index in [1.54, 1.807) is 24.2 Å². The van der Waals surface area contributed by atoms with Crippen LogP contribution in [-0.4, -0.2) is 44.5 Å². The molecule has 0 fully saturated rings. The van der Waals surface area contributed by atoms with Crippen LogP contribution in [0.4, 0.5) is 0 Å². The molecule has 6 nitrogen and oxygen atoms in total. The van der Waals surface area contributed by atoms with Gasteiger partial charge in [0, 0.05) is 37.7 Å². The van der Waals surface area contributed by atoms with Gasteiger partial charge in [-0.2, -0.15) is 0 Å². The molecule has 0 spiro atoms. The highest BCUT2D eigenvalue weighted by Crippen LogP contribution is 2.14. The predicted octanol–water partition coefficient (Wildman–Crippen LogP) is 0.309. The van der Waals surface area contributed by atoms with Crippen LogP contribution in [0.2, 0.25) is 0 Å². The fourth-order valence-corrected chi connectivity index (χ4v) is 1.85. The number of rotatable bonds is 9. The van der Waals surface area contributed by atoms with Crippen molar-refractivity contribution in [3.05, 3.63) is 34.9 Å². The lowest BCUT2D eigenvalue weighted by Gasteiger charge is -2.17. The average Bonchev–Trinajstić information content (AvgIpc) is 2.52. The summed E-state index contributed by atoms with van der Waals surface area (Å²) < 4.78 is 5.25. The van der Waals surface area contributed by atoms with Gasteiger partial charge in [0.1, 0.15) is 6.29 Å².